The van der Waals surface area contributed by atoms with Crippen molar-refractivity contribution in [3.63, 3.8) is 0 Å². The average Bonchev–Trinajstić information content (AvgIpc) is 3.31. The Morgan fingerprint density at radius 3 is 3.04 bits per heavy atom. The van der Waals surface area contributed by atoms with Gasteiger partial charge in [0, 0.05) is 6.04 Å². The summed E-state index contributed by atoms with van der Waals surface area (Å²) in [4.78, 5) is 22.2. The summed E-state index contributed by atoms with van der Waals surface area (Å²) in [5, 5.41) is 1.91. The molecule has 0 radical (unpaired) electrons. The van der Waals surface area contributed by atoms with Crippen molar-refractivity contribution in [1.29, 1.82) is 0 Å². The van der Waals surface area contributed by atoms with Gasteiger partial charge in [0.05, 0.1) is 12.1 Å². The number of thiophene rings is 1. The van der Waals surface area contributed by atoms with E-state index in [0.29, 0.717) is 30.5 Å². The first-order chi connectivity index (χ1) is 12.8. The third kappa shape index (κ3) is 2.77. The highest BCUT2D eigenvalue weighted by Crippen LogP contribution is 2.38. The van der Waals surface area contributed by atoms with Crippen LogP contribution in [0.3, 0.4) is 0 Å². The van der Waals surface area contributed by atoms with Crippen LogP contribution in [0.25, 0.3) is 10.2 Å². The molecule has 0 bridgehead atoms. The maximum atomic E-state index is 12.2. The third-order valence-electron chi connectivity index (χ3n) is 5.03. The van der Waals surface area contributed by atoms with Crippen LogP contribution in [0, 0.1) is 0 Å². The second kappa shape index (κ2) is 6.41. The molecular weight excluding hydrogens is 350 g/mol. The largest absolute Gasteiger partial charge is 0.486 e. The lowest BCUT2D eigenvalue weighted by molar-refractivity contribution is 0.170. The Morgan fingerprint density at radius 2 is 2.12 bits per heavy atom. The van der Waals surface area contributed by atoms with E-state index < -0.39 is 0 Å². The molecule has 1 N–H and O–H groups in total. The quantitative estimate of drug-likeness (QED) is 0.768. The maximum Gasteiger partial charge on any atom is 0.268 e. The number of benzene rings is 1. The molecule has 26 heavy (non-hydrogen) atoms. The van der Waals surface area contributed by atoms with Crippen LogP contribution < -0.4 is 15.0 Å². The van der Waals surface area contributed by atoms with Crippen LogP contribution >= 0.6 is 11.3 Å². The zero-order valence-electron chi connectivity index (χ0n) is 14.2. The zero-order chi connectivity index (χ0) is 17.5. The highest BCUT2D eigenvalue weighted by molar-refractivity contribution is 7.17. The molecule has 1 fully saturated rings. The van der Waals surface area contributed by atoms with Gasteiger partial charge < -0.3 is 14.5 Å². The Morgan fingerprint density at radius 1 is 1.23 bits per heavy atom. The Balaban J connectivity index is 1.42. The van der Waals surface area contributed by atoms with Crippen LogP contribution in [0.4, 0.5) is 0 Å². The lowest BCUT2D eigenvalue weighted by Crippen LogP contribution is -2.25. The van der Waals surface area contributed by atoms with Crippen LogP contribution in [0.5, 0.6) is 11.5 Å². The number of hydrogen-bond donors (Lipinski definition) is 1. The van der Waals surface area contributed by atoms with Crippen molar-refractivity contribution in [3.8, 4) is 11.5 Å². The van der Waals surface area contributed by atoms with Crippen LogP contribution in [0.15, 0.2) is 34.4 Å². The number of ether oxygens (including phenoxy) is 2. The fourth-order valence-electron chi connectivity index (χ4n) is 3.85. The molecule has 4 heterocycles. The summed E-state index contributed by atoms with van der Waals surface area (Å²) in [6, 6.07) is 8.41. The van der Waals surface area contributed by atoms with E-state index in [1.807, 2.05) is 17.5 Å². The van der Waals surface area contributed by atoms with Crippen LogP contribution in [-0.4, -0.2) is 34.6 Å². The van der Waals surface area contributed by atoms with Crippen LogP contribution in [0.1, 0.15) is 30.3 Å². The number of H-pyrrole nitrogens is 1. The third-order valence-corrected chi connectivity index (χ3v) is 5.93. The minimum Gasteiger partial charge on any atom is -0.486 e. The zero-order valence-corrected chi connectivity index (χ0v) is 15.1. The molecule has 0 amide bonds. The number of fused-ring (bicyclic) bond motifs is 2. The first kappa shape index (κ1) is 15.8. The van der Waals surface area contributed by atoms with Crippen molar-refractivity contribution in [2.75, 3.05) is 19.8 Å². The molecule has 2 aromatic heterocycles. The van der Waals surface area contributed by atoms with Gasteiger partial charge in [0.1, 0.15) is 23.7 Å². The van der Waals surface area contributed by atoms with Gasteiger partial charge in [-0.3, -0.25) is 9.69 Å². The SMILES string of the molecule is O=c1[nH]c(CN2CCCC2c2ccc3c(c2)OCCO3)nc2ccsc12. The molecule has 2 aliphatic rings. The summed E-state index contributed by atoms with van der Waals surface area (Å²) in [5.41, 5.74) is 1.96. The molecule has 0 saturated carbocycles. The van der Waals surface area contributed by atoms with E-state index in [2.05, 4.69) is 27.0 Å². The molecule has 0 spiro atoms. The number of nitrogens with one attached hydrogen (secondary N) is 1. The van der Waals surface area contributed by atoms with Crippen molar-refractivity contribution in [3.05, 3.63) is 51.4 Å². The first-order valence-corrected chi connectivity index (χ1v) is 9.76. The number of aromatic amines is 1. The summed E-state index contributed by atoms with van der Waals surface area (Å²) in [6.45, 7) is 2.83. The molecule has 1 saturated heterocycles. The summed E-state index contributed by atoms with van der Waals surface area (Å²) < 4.78 is 12.0. The number of aromatic nitrogens is 2. The van der Waals surface area contributed by atoms with Gasteiger partial charge in [-0.15, -0.1) is 11.3 Å². The van der Waals surface area contributed by atoms with Gasteiger partial charge in [0.15, 0.2) is 11.5 Å². The van der Waals surface area contributed by atoms with Crippen molar-refractivity contribution in [2.24, 2.45) is 0 Å². The molecule has 1 unspecified atom stereocenters. The van der Waals surface area contributed by atoms with Gasteiger partial charge >= 0.3 is 0 Å². The summed E-state index contributed by atoms with van der Waals surface area (Å²) in [7, 11) is 0. The normalized spacial score (nSPS) is 19.9. The number of nitrogens with zero attached hydrogens (tertiary/aromatic N) is 2. The molecule has 0 aliphatic carbocycles. The molecule has 7 heteroatoms. The Kier molecular flexibility index (Phi) is 3.90. The number of hydrogen-bond acceptors (Lipinski definition) is 6. The number of likely N-dealkylation sites (tertiary alicyclic amines) is 1. The van der Waals surface area contributed by atoms with Gasteiger partial charge in [0.25, 0.3) is 5.56 Å². The molecule has 6 nitrogen and oxygen atoms in total. The Labute approximate surface area is 154 Å². The van der Waals surface area contributed by atoms with E-state index in [9.17, 15) is 4.79 Å². The van der Waals surface area contributed by atoms with Gasteiger partial charge in [-0.2, -0.15) is 0 Å². The minimum atomic E-state index is -0.0462. The Hall–Kier alpha value is -2.38. The van der Waals surface area contributed by atoms with Crippen LogP contribution in [0.2, 0.25) is 0 Å². The van der Waals surface area contributed by atoms with Crippen molar-refractivity contribution < 1.29 is 9.47 Å². The van der Waals surface area contributed by atoms with Crippen molar-refractivity contribution >= 4 is 21.6 Å². The van der Waals surface area contributed by atoms with E-state index >= 15 is 0 Å². The van der Waals surface area contributed by atoms with E-state index in [-0.39, 0.29) is 5.56 Å². The fraction of sp³-hybridized carbons (Fsp3) is 0.368. The maximum absolute atomic E-state index is 12.2. The monoisotopic (exact) mass is 369 g/mol. The molecule has 1 atom stereocenters. The highest BCUT2D eigenvalue weighted by atomic mass is 32.1. The Bertz CT molecular complexity index is 1010. The van der Waals surface area contributed by atoms with Crippen molar-refractivity contribution in [1.82, 2.24) is 14.9 Å². The summed E-state index contributed by atoms with van der Waals surface area (Å²) in [6.07, 6.45) is 2.22. The van der Waals surface area contributed by atoms with Gasteiger partial charge in [-0.1, -0.05) is 6.07 Å². The van der Waals surface area contributed by atoms with E-state index in [4.69, 9.17) is 9.47 Å². The molecule has 2 aliphatic heterocycles. The molecular formula is C19H19N3O3S. The van der Waals surface area contributed by atoms with Gasteiger partial charge in [0.2, 0.25) is 0 Å². The first-order valence-electron chi connectivity index (χ1n) is 8.88. The fourth-order valence-corrected chi connectivity index (χ4v) is 4.57. The summed E-state index contributed by atoms with van der Waals surface area (Å²) in [5.74, 6) is 2.37. The standard InChI is InChI=1S/C19H19N3O3S/c23-19-18-13(5-9-26-18)20-17(21-19)11-22-6-1-2-14(22)12-3-4-15-16(10-12)25-8-7-24-15/h3-5,9-10,14H,1-2,6-8,11H2,(H,20,21,23). The topological polar surface area (TPSA) is 67.5 Å². The smallest absolute Gasteiger partial charge is 0.268 e. The summed E-state index contributed by atoms with van der Waals surface area (Å²) >= 11 is 1.43. The highest BCUT2D eigenvalue weighted by Gasteiger charge is 2.28. The number of rotatable bonds is 3. The molecule has 1 aromatic carbocycles. The van der Waals surface area contributed by atoms with E-state index in [1.165, 1.54) is 16.9 Å². The second-order valence-corrected chi connectivity index (χ2v) is 7.60. The molecule has 5 rings (SSSR count). The molecule has 3 aromatic rings. The predicted molar refractivity (Wildman–Crippen MR) is 100 cm³/mol. The lowest BCUT2D eigenvalue weighted by atomic mass is 10.0. The van der Waals surface area contributed by atoms with Crippen molar-refractivity contribution in [2.45, 2.75) is 25.4 Å². The molecule has 134 valence electrons. The van der Waals surface area contributed by atoms with Crippen LogP contribution in [-0.2, 0) is 6.54 Å². The minimum absolute atomic E-state index is 0.0462. The van der Waals surface area contributed by atoms with Gasteiger partial charge in [-0.25, -0.2) is 4.98 Å². The van der Waals surface area contributed by atoms with Gasteiger partial charge in [-0.05, 0) is 48.5 Å². The van der Waals surface area contributed by atoms with E-state index in [0.717, 1.165) is 42.2 Å². The lowest BCUT2D eigenvalue weighted by Gasteiger charge is -2.26. The second-order valence-electron chi connectivity index (χ2n) is 6.68. The average molecular weight is 369 g/mol. The predicted octanol–water partition coefficient (Wildman–Crippen LogP) is 3.09. The van der Waals surface area contributed by atoms with E-state index in [1.54, 1.807) is 0 Å².